The normalized spacial score (nSPS) is 15.2. The van der Waals surface area contributed by atoms with E-state index in [1.54, 1.807) is 39.8 Å². The predicted molar refractivity (Wildman–Crippen MR) is 79.2 cm³/mol. The molecule has 0 N–H and O–H groups in total. The Kier molecular flexibility index (Phi) is 6.69. The van der Waals surface area contributed by atoms with Gasteiger partial charge >= 0.3 is 11.9 Å². The van der Waals surface area contributed by atoms with Crippen molar-refractivity contribution < 1.29 is 19.1 Å². The van der Waals surface area contributed by atoms with Crippen molar-refractivity contribution in [1.29, 1.82) is 0 Å². The third-order valence-corrected chi connectivity index (χ3v) is 2.97. The molecule has 0 aliphatic heterocycles. The molecule has 0 aliphatic carbocycles. The van der Waals surface area contributed by atoms with Gasteiger partial charge in [0.25, 0.3) is 0 Å². The molecule has 114 valence electrons. The van der Waals surface area contributed by atoms with Crippen LogP contribution in [0.1, 0.15) is 47.5 Å². The van der Waals surface area contributed by atoms with Gasteiger partial charge in [-0.3, -0.25) is 4.79 Å². The third kappa shape index (κ3) is 6.04. The maximum Gasteiger partial charge on any atom is 0.333 e. The predicted octanol–water partition coefficient (Wildman–Crippen LogP) is 3.42. The number of methoxy groups -OCH3 is 1. The highest BCUT2D eigenvalue weighted by Crippen LogP contribution is 2.25. The summed E-state index contributed by atoms with van der Waals surface area (Å²) in [5.41, 5.74) is -0.750. The number of carbonyl (C=O) groups excluding carboxylic acids is 2. The fourth-order valence-electron chi connectivity index (χ4n) is 1.38. The van der Waals surface area contributed by atoms with Gasteiger partial charge < -0.3 is 9.47 Å². The molecule has 0 spiro atoms. The molecule has 1 atom stereocenters. The van der Waals surface area contributed by atoms with E-state index in [0.717, 1.165) is 0 Å². The van der Waals surface area contributed by atoms with Crippen molar-refractivity contribution >= 4 is 11.9 Å². The Bertz CT molecular complexity index is 401. The molecule has 0 amide bonds. The average Bonchev–Trinajstić information content (AvgIpc) is 2.36. The topological polar surface area (TPSA) is 52.6 Å². The van der Waals surface area contributed by atoms with Crippen LogP contribution in [0.25, 0.3) is 0 Å². The number of allylic oxidation sites excluding steroid dienone is 1. The quantitative estimate of drug-likeness (QED) is 0.425. The Morgan fingerprint density at radius 2 is 1.75 bits per heavy atom. The molecule has 0 aliphatic rings. The Balaban J connectivity index is 4.65. The van der Waals surface area contributed by atoms with Crippen LogP contribution in [0.15, 0.2) is 24.3 Å². The Hall–Kier alpha value is -1.58. The molecule has 0 aromatic heterocycles. The minimum Gasteiger partial charge on any atom is -0.466 e. The smallest absolute Gasteiger partial charge is 0.333 e. The second-order valence-electron chi connectivity index (χ2n) is 6.07. The zero-order valence-corrected chi connectivity index (χ0v) is 13.4. The molecule has 0 bridgehead atoms. The minimum absolute atomic E-state index is 0.270. The van der Waals surface area contributed by atoms with Crippen LogP contribution >= 0.6 is 0 Å². The van der Waals surface area contributed by atoms with Crippen molar-refractivity contribution in [3.63, 3.8) is 0 Å². The fourth-order valence-corrected chi connectivity index (χ4v) is 1.38. The van der Waals surface area contributed by atoms with Crippen LogP contribution in [0, 0.1) is 5.41 Å². The zero-order valence-electron chi connectivity index (χ0n) is 13.4. The first kappa shape index (κ1) is 18.4. The van der Waals surface area contributed by atoms with Gasteiger partial charge in [-0.2, -0.15) is 0 Å². The molecule has 0 aromatic carbocycles. The van der Waals surface area contributed by atoms with Gasteiger partial charge in [0.05, 0.1) is 12.5 Å². The van der Waals surface area contributed by atoms with Crippen molar-refractivity contribution in [3.05, 3.63) is 24.3 Å². The highest BCUT2D eigenvalue weighted by atomic mass is 16.6. The summed E-state index contributed by atoms with van der Waals surface area (Å²) in [7, 11) is 1.35. The second-order valence-corrected chi connectivity index (χ2v) is 6.07. The van der Waals surface area contributed by atoms with Crippen molar-refractivity contribution in [2.45, 2.75) is 53.1 Å². The van der Waals surface area contributed by atoms with E-state index in [2.05, 4.69) is 11.3 Å². The largest absolute Gasteiger partial charge is 0.466 e. The van der Waals surface area contributed by atoms with Crippen molar-refractivity contribution in [2.24, 2.45) is 5.41 Å². The molecule has 0 saturated carbocycles. The molecule has 20 heavy (non-hydrogen) atoms. The van der Waals surface area contributed by atoms with Gasteiger partial charge in [0, 0.05) is 5.57 Å². The van der Waals surface area contributed by atoms with Crippen LogP contribution in [-0.2, 0) is 19.1 Å². The van der Waals surface area contributed by atoms with Crippen LogP contribution in [0.4, 0.5) is 0 Å². The third-order valence-electron chi connectivity index (χ3n) is 2.97. The van der Waals surface area contributed by atoms with E-state index in [9.17, 15) is 9.59 Å². The lowest BCUT2D eigenvalue weighted by atomic mass is 9.95. The van der Waals surface area contributed by atoms with Gasteiger partial charge in [-0.25, -0.2) is 4.79 Å². The average molecular weight is 282 g/mol. The summed E-state index contributed by atoms with van der Waals surface area (Å²) in [5.74, 6) is -0.620. The van der Waals surface area contributed by atoms with E-state index < -0.39 is 11.0 Å². The Morgan fingerprint density at radius 1 is 1.20 bits per heavy atom. The van der Waals surface area contributed by atoms with E-state index in [0.29, 0.717) is 18.4 Å². The summed E-state index contributed by atoms with van der Waals surface area (Å²) < 4.78 is 10.1. The summed E-state index contributed by atoms with van der Waals surface area (Å²) >= 11 is 0. The molecule has 0 heterocycles. The zero-order chi connectivity index (χ0) is 16.0. The summed E-state index contributed by atoms with van der Waals surface area (Å²) in [6.45, 7) is 12.6. The van der Waals surface area contributed by atoms with Crippen LogP contribution < -0.4 is 0 Å². The van der Waals surface area contributed by atoms with Crippen molar-refractivity contribution in [3.8, 4) is 0 Å². The maximum atomic E-state index is 11.9. The molecular weight excluding hydrogens is 256 g/mol. The Labute approximate surface area is 121 Å². The monoisotopic (exact) mass is 282 g/mol. The second kappa shape index (κ2) is 7.27. The Morgan fingerprint density at radius 3 is 2.15 bits per heavy atom. The van der Waals surface area contributed by atoms with Crippen molar-refractivity contribution in [1.82, 2.24) is 0 Å². The highest BCUT2D eigenvalue weighted by Gasteiger charge is 2.31. The number of esters is 2. The van der Waals surface area contributed by atoms with Gasteiger partial charge in [-0.1, -0.05) is 12.7 Å². The summed E-state index contributed by atoms with van der Waals surface area (Å²) in [5, 5.41) is 0. The van der Waals surface area contributed by atoms with Gasteiger partial charge in [-0.05, 0) is 53.5 Å². The molecule has 0 rings (SSSR count). The van der Waals surface area contributed by atoms with Crippen LogP contribution in [-0.4, -0.2) is 24.6 Å². The van der Waals surface area contributed by atoms with Crippen molar-refractivity contribution in [2.75, 3.05) is 7.11 Å². The minimum atomic E-state index is -0.739. The number of hydrogen-bond donors (Lipinski definition) is 0. The van der Waals surface area contributed by atoms with E-state index in [-0.39, 0.29) is 11.9 Å². The summed E-state index contributed by atoms with van der Waals surface area (Å²) in [4.78, 5) is 23.2. The number of ether oxygens (including phenoxy) is 2. The molecule has 4 heteroatoms. The van der Waals surface area contributed by atoms with Crippen LogP contribution in [0.3, 0.4) is 0 Å². The molecule has 1 unspecified atom stereocenters. The lowest BCUT2D eigenvalue weighted by Crippen LogP contribution is -2.35. The molecule has 0 saturated heterocycles. The van der Waals surface area contributed by atoms with Gasteiger partial charge in [-0.15, -0.1) is 0 Å². The number of rotatable bonds is 6. The SMILES string of the molecule is C=CC(C)(CC/C=C(\C)C(=O)OC)OC(=O)C(C)(C)C. The lowest BCUT2D eigenvalue weighted by molar-refractivity contribution is -0.164. The first-order valence-corrected chi connectivity index (χ1v) is 6.68. The maximum absolute atomic E-state index is 11.9. The molecule has 0 radical (unpaired) electrons. The van der Waals surface area contributed by atoms with Crippen LogP contribution in [0.2, 0.25) is 0 Å². The number of carbonyl (C=O) groups is 2. The summed E-state index contributed by atoms with van der Waals surface area (Å²) in [6.07, 6.45) is 4.56. The lowest BCUT2D eigenvalue weighted by Gasteiger charge is -2.29. The molecule has 4 nitrogen and oxygen atoms in total. The first-order chi connectivity index (χ1) is 9.05. The van der Waals surface area contributed by atoms with Gasteiger partial charge in [0.15, 0.2) is 0 Å². The number of hydrogen-bond acceptors (Lipinski definition) is 4. The van der Waals surface area contributed by atoms with E-state index >= 15 is 0 Å². The summed E-state index contributed by atoms with van der Waals surface area (Å²) in [6, 6.07) is 0. The van der Waals surface area contributed by atoms with E-state index in [1.807, 2.05) is 6.92 Å². The van der Waals surface area contributed by atoms with Gasteiger partial charge in [0.1, 0.15) is 5.60 Å². The highest BCUT2D eigenvalue weighted by molar-refractivity contribution is 5.87. The molecule has 0 aromatic rings. The van der Waals surface area contributed by atoms with E-state index in [1.165, 1.54) is 7.11 Å². The molecule has 0 fully saturated rings. The van der Waals surface area contributed by atoms with E-state index in [4.69, 9.17) is 4.74 Å². The van der Waals surface area contributed by atoms with Crippen LogP contribution in [0.5, 0.6) is 0 Å². The fraction of sp³-hybridized carbons (Fsp3) is 0.625. The first-order valence-electron chi connectivity index (χ1n) is 6.68. The molecular formula is C16H26O4. The standard InChI is InChI=1S/C16H26O4/c1-8-16(6,20-14(18)15(3,4)5)11-9-10-12(2)13(17)19-7/h8,10H,1,9,11H2,2-7H3/b12-10+. The van der Waals surface area contributed by atoms with Gasteiger partial charge in [0.2, 0.25) is 0 Å².